The van der Waals surface area contributed by atoms with Crippen LogP contribution in [0.1, 0.15) is 12.5 Å². The number of carbonyl (C=O) groups is 1. The molecule has 1 aromatic heterocycles. The van der Waals surface area contributed by atoms with Crippen LogP contribution in [0.3, 0.4) is 0 Å². The van der Waals surface area contributed by atoms with Crippen LogP contribution in [0.4, 0.5) is 4.79 Å². The Labute approximate surface area is 146 Å². The number of amides is 1. The topological polar surface area (TPSA) is 74.9 Å². The number of rotatable bonds is 4. The van der Waals surface area contributed by atoms with Crippen molar-refractivity contribution in [1.29, 1.82) is 0 Å². The molecule has 2 heterocycles. The Hall–Kier alpha value is -2.54. The zero-order chi connectivity index (χ0) is 17.8. The first-order chi connectivity index (χ1) is 12.1. The highest BCUT2D eigenvalue weighted by Crippen LogP contribution is 2.19. The van der Waals surface area contributed by atoms with E-state index in [1.165, 1.54) is 0 Å². The fourth-order valence-electron chi connectivity index (χ4n) is 3.02. The third-order valence-electron chi connectivity index (χ3n) is 4.42. The van der Waals surface area contributed by atoms with E-state index in [4.69, 9.17) is 9.47 Å². The SMILES string of the molecule is CCOC(=O)N1CCN(Cc2cc3cc(OC)ccc3[nH]c2=O)CC1. The van der Waals surface area contributed by atoms with Gasteiger partial charge in [-0.05, 0) is 31.2 Å². The van der Waals surface area contributed by atoms with Crippen molar-refractivity contribution >= 4 is 17.0 Å². The lowest BCUT2D eigenvalue weighted by Crippen LogP contribution is -2.48. The highest BCUT2D eigenvalue weighted by atomic mass is 16.6. The molecule has 1 saturated heterocycles. The van der Waals surface area contributed by atoms with E-state index in [2.05, 4.69) is 9.88 Å². The molecule has 0 atom stereocenters. The second-order valence-corrected chi connectivity index (χ2v) is 6.04. The smallest absolute Gasteiger partial charge is 0.409 e. The number of carbonyl (C=O) groups excluding carboxylic acids is 1. The third-order valence-corrected chi connectivity index (χ3v) is 4.42. The van der Waals surface area contributed by atoms with Crippen LogP contribution < -0.4 is 10.3 Å². The van der Waals surface area contributed by atoms with Gasteiger partial charge in [0, 0.05) is 49.2 Å². The van der Waals surface area contributed by atoms with Crippen molar-refractivity contribution in [1.82, 2.24) is 14.8 Å². The first kappa shape index (κ1) is 17.3. The van der Waals surface area contributed by atoms with Crippen molar-refractivity contribution in [3.05, 3.63) is 40.2 Å². The van der Waals surface area contributed by atoms with E-state index in [9.17, 15) is 9.59 Å². The molecule has 2 aromatic rings. The number of methoxy groups -OCH3 is 1. The van der Waals surface area contributed by atoms with Crippen LogP contribution in [0.25, 0.3) is 10.9 Å². The second-order valence-electron chi connectivity index (χ2n) is 6.04. The number of benzene rings is 1. The molecule has 0 bridgehead atoms. The monoisotopic (exact) mass is 345 g/mol. The average Bonchev–Trinajstić information content (AvgIpc) is 2.63. The number of fused-ring (bicyclic) bond motifs is 1. The first-order valence-corrected chi connectivity index (χ1v) is 8.44. The van der Waals surface area contributed by atoms with Gasteiger partial charge in [-0.15, -0.1) is 0 Å². The van der Waals surface area contributed by atoms with E-state index in [0.29, 0.717) is 44.9 Å². The van der Waals surface area contributed by atoms with Crippen molar-refractivity contribution in [2.24, 2.45) is 0 Å². The molecule has 0 spiro atoms. The number of hydrogen-bond donors (Lipinski definition) is 1. The normalized spacial score (nSPS) is 15.4. The van der Waals surface area contributed by atoms with Crippen molar-refractivity contribution in [3.63, 3.8) is 0 Å². The Morgan fingerprint density at radius 1 is 1.20 bits per heavy atom. The number of hydrogen-bond acceptors (Lipinski definition) is 5. The summed E-state index contributed by atoms with van der Waals surface area (Å²) in [5.74, 6) is 0.758. The summed E-state index contributed by atoms with van der Waals surface area (Å²) >= 11 is 0. The number of H-pyrrole nitrogens is 1. The van der Waals surface area contributed by atoms with Crippen LogP contribution in [0.15, 0.2) is 29.1 Å². The fourth-order valence-corrected chi connectivity index (χ4v) is 3.02. The predicted molar refractivity (Wildman–Crippen MR) is 95.0 cm³/mol. The first-order valence-electron chi connectivity index (χ1n) is 8.44. The van der Waals surface area contributed by atoms with Crippen LogP contribution in [0, 0.1) is 0 Å². The van der Waals surface area contributed by atoms with Crippen molar-refractivity contribution in [2.75, 3.05) is 39.9 Å². The van der Waals surface area contributed by atoms with Gasteiger partial charge in [-0.2, -0.15) is 0 Å². The Morgan fingerprint density at radius 2 is 1.96 bits per heavy atom. The lowest BCUT2D eigenvalue weighted by molar-refractivity contribution is 0.0777. The maximum Gasteiger partial charge on any atom is 0.409 e. The minimum atomic E-state index is -0.266. The largest absolute Gasteiger partial charge is 0.497 e. The second kappa shape index (κ2) is 7.57. The molecule has 134 valence electrons. The summed E-state index contributed by atoms with van der Waals surface area (Å²) in [5, 5.41) is 0.944. The Balaban J connectivity index is 1.70. The zero-order valence-electron chi connectivity index (χ0n) is 14.6. The molecule has 0 aliphatic carbocycles. The van der Waals surface area contributed by atoms with E-state index in [0.717, 1.165) is 16.7 Å². The van der Waals surface area contributed by atoms with Crippen LogP contribution in [0.5, 0.6) is 5.75 Å². The molecule has 7 nitrogen and oxygen atoms in total. The molecule has 1 aliphatic heterocycles. The Morgan fingerprint density at radius 3 is 2.64 bits per heavy atom. The van der Waals surface area contributed by atoms with Crippen LogP contribution >= 0.6 is 0 Å². The molecule has 25 heavy (non-hydrogen) atoms. The summed E-state index contributed by atoms with van der Waals surface area (Å²) in [6.07, 6.45) is -0.266. The summed E-state index contributed by atoms with van der Waals surface area (Å²) in [7, 11) is 1.62. The van der Waals surface area contributed by atoms with Gasteiger partial charge in [-0.3, -0.25) is 9.69 Å². The summed E-state index contributed by atoms with van der Waals surface area (Å²) < 4.78 is 10.3. The molecule has 7 heteroatoms. The Kier molecular flexibility index (Phi) is 5.23. The number of nitrogens with one attached hydrogen (secondary N) is 1. The van der Waals surface area contributed by atoms with Crippen LogP contribution in [0.2, 0.25) is 0 Å². The molecule has 0 saturated carbocycles. The van der Waals surface area contributed by atoms with Gasteiger partial charge in [0.15, 0.2) is 0 Å². The molecule has 1 aromatic carbocycles. The molecule has 1 aliphatic rings. The van der Waals surface area contributed by atoms with E-state index >= 15 is 0 Å². The molecule has 1 amide bonds. The number of pyridine rings is 1. The van der Waals surface area contributed by atoms with Gasteiger partial charge in [0.2, 0.25) is 0 Å². The molecule has 0 radical (unpaired) electrons. The maximum atomic E-state index is 12.3. The van der Waals surface area contributed by atoms with E-state index < -0.39 is 0 Å². The van der Waals surface area contributed by atoms with Gasteiger partial charge >= 0.3 is 6.09 Å². The molecule has 1 fully saturated rings. The molecule has 0 unspecified atom stereocenters. The van der Waals surface area contributed by atoms with Gasteiger partial charge in [0.25, 0.3) is 5.56 Å². The molecular weight excluding hydrogens is 322 g/mol. The number of aromatic amines is 1. The minimum absolute atomic E-state index is 0.0783. The predicted octanol–water partition coefficient (Wildman–Crippen LogP) is 1.81. The van der Waals surface area contributed by atoms with Gasteiger partial charge in [0.1, 0.15) is 5.75 Å². The van der Waals surface area contributed by atoms with Crippen molar-refractivity contribution in [3.8, 4) is 5.75 Å². The number of nitrogens with zero attached hydrogens (tertiary/aromatic N) is 2. The standard InChI is InChI=1S/C18H23N3O4/c1-3-25-18(23)21-8-6-20(7-9-21)12-14-10-13-11-15(24-2)4-5-16(13)19-17(14)22/h4-5,10-11H,3,6-9,12H2,1-2H3,(H,19,22). The van der Waals surface area contributed by atoms with Gasteiger partial charge in [-0.25, -0.2) is 4.79 Å². The number of piperazine rings is 1. The Bertz CT molecular complexity index is 810. The minimum Gasteiger partial charge on any atom is -0.497 e. The molecule has 3 rings (SSSR count). The van der Waals surface area contributed by atoms with Gasteiger partial charge in [0.05, 0.1) is 13.7 Å². The number of aromatic nitrogens is 1. The number of ether oxygens (including phenoxy) is 2. The highest BCUT2D eigenvalue weighted by molar-refractivity contribution is 5.80. The summed E-state index contributed by atoms with van der Waals surface area (Å²) in [5.41, 5.74) is 1.43. The van der Waals surface area contributed by atoms with Crippen molar-refractivity contribution < 1.29 is 14.3 Å². The summed E-state index contributed by atoms with van der Waals surface area (Å²) in [4.78, 5) is 30.9. The van der Waals surface area contributed by atoms with Gasteiger partial charge < -0.3 is 19.4 Å². The molecule has 1 N–H and O–H groups in total. The fraction of sp³-hybridized carbons (Fsp3) is 0.444. The lowest BCUT2D eigenvalue weighted by Gasteiger charge is -2.33. The zero-order valence-corrected chi connectivity index (χ0v) is 14.6. The van der Waals surface area contributed by atoms with Crippen LogP contribution in [-0.2, 0) is 11.3 Å². The lowest BCUT2D eigenvalue weighted by atomic mass is 10.1. The van der Waals surface area contributed by atoms with Crippen LogP contribution in [-0.4, -0.2) is 60.8 Å². The van der Waals surface area contributed by atoms with E-state index in [1.807, 2.05) is 24.3 Å². The van der Waals surface area contributed by atoms with Crippen molar-refractivity contribution in [2.45, 2.75) is 13.5 Å². The summed E-state index contributed by atoms with van der Waals surface area (Å²) in [6.45, 7) is 5.39. The van der Waals surface area contributed by atoms with E-state index in [1.54, 1.807) is 18.9 Å². The summed E-state index contributed by atoms with van der Waals surface area (Å²) in [6, 6.07) is 7.49. The van der Waals surface area contributed by atoms with E-state index in [-0.39, 0.29) is 11.7 Å². The quantitative estimate of drug-likeness (QED) is 0.915. The molecular formula is C18H23N3O4. The maximum absolute atomic E-state index is 12.3. The average molecular weight is 345 g/mol. The third kappa shape index (κ3) is 3.93. The van der Waals surface area contributed by atoms with Gasteiger partial charge in [-0.1, -0.05) is 0 Å². The highest BCUT2D eigenvalue weighted by Gasteiger charge is 2.22.